The molecule has 0 bridgehead atoms. The number of pyridine rings is 1. The van der Waals surface area contributed by atoms with Crippen LogP contribution < -0.4 is 10.2 Å². The second-order valence-electron chi connectivity index (χ2n) is 8.36. The second-order valence-corrected chi connectivity index (χ2v) is 8.36. The van der Waals surface area contributed by atoms with E-state index >= 15 is 0 Å². The Labute approximate surface area is 143 Å². The number of piperidine rings is 1. The largest absolute Gasteiger partial charge is 0.396 e. The summed E-state index contributed by atoms with van der Waals surface area (Å²) in [5.74, 6) is 1.40. The molecule has 24 heavy (non-hydrogen) atoms. The summed E-state index contributed by atoms with van der Waals surface area (Å²) in [4.78, 5) is 19.5. The molecule has 1 aromatic heterocycles. The van der Waals surface area contributed by atoms with Crippen LogP contribution in [0.25, 0.3) is 0 Å². The Morgan fingerprint density at radius 1 is 1.38 bits per heavy atom. The van der Waals surface area contributed by atoms with Crippen molar-refractivity contribution < 1.29 is 9.90 Å². The smallest absolute Gasteiger partial charge is 0.230 e. The van der Waals surface area contributed by atoms with Crippen molar-refractivity contribution in [1.29, 1.82) is 0 Å². The molecule has 2 saturated carbocycles. The second kappa shape index (κ2) is 5.73. The van der Waals surface area contributed by atoms with Crippen molar-refractivity contribution in [2.45, 2.75) is 45.4 Å². The van der Waals surface area contributed by atoms with Gasteiger partial charge in [-0.25, -0.2) is 4.98 Å². The van der Waals surface area contributed by atoms with Gasteiger partial charge in [0, 0.05) is 31.3 Å². The average molecular weight is 329 g/mol. The van der Waals surface area contributed by atoms with Gasteiger partial charge in [0.25, 0.3) is 0 Å². The Hall–Kier alpha value is -1.62. The van der Waals surface area contributed by atoms with E-state index in [-0.39, 0.29) is 17.9 Å². The van der Waals surface area contributed by atoms with Gasteiger partial charge in [-0.1, -0.05) is 6.92 Å². The van der Waals surface area contributed by atoms with Crippen LogP contribution in [0.4, 0.5) is 11.5 Å². The van der Waals surface area contributed by atoms with Gasteiger partial charge in [-0.15, -0.1) is 0 Å². The third kappa shape index (κ3) is 2.79. The van der Waals surface area contributed by atoms with E-state index < -0.39 is 0 Å². The molecule has 3 aliphatic rings. The molecule has 1 saturated heterocycles. The maximum Gasteiger partial charge on any atom is 0.230 e. The molecule has 1 spiro atoms. The van der Waals surface area contributed by atoms with Crippen molar-refractivity contribution in [3.8, 4) is 0 Å². The van der Waals surface area contributed by atoms with Gasteiger partial charge >= 0.3 is 0 Å². The van der Waals surface area contributed by atoms with E-state index in [2.05, 4.69) is 22.1 Å². The monoisotopic (exact) mass is 329 g/mol. The average Bonchev–Trinajstić information content (AvgIpc) is 3.35. The number of aliphatic hydroxyl groups is 1. The Morgan fingerprint density at radius 3 is 2.71 bits per heavy atom. The van der Waals surface area contributed by atoms with Gasteiger partial charge < -0.3 is 15.3 Å². The standard InChI is InChI=1S/C19H27N3O2/c1-18(12-19(13-18)6-7-19)17(24)21-15-3-2-8-20-16(15)22-9-4-14(11-23)5-10-22/h2-3,8,14,23H,4-7,9-13H2,1H3,(H,21,24). The van der Waals surface area contributed by atoms with E-state index in [4.69, 9.17) is 0 Å². The first-order valence-corrected chi connectivity index (χ1v) is 9.16. The molecule has 0 aromatic carbocycles. The zero-order chi connectivity index (χ0) is 16.8. The molecule has 4 rings (SSSR count). The Balaban J connectivity index is 1.45. The summed E-state index contributed by atoms with van der Waals surface area (Å²) in [6, 6.07) is 3.83. The van der Waals surface area contributed by atoms with Crippen LogP contribution in [-0.4, -0.2) is 35.7 Å². The number of nitrogens with zero attached hydrogens (tertiary/aromatic N) is 2. The molecule has 5 heteroatoms. The van der Waals surface area contributed by atoms with Crippen molar-refractivity contribution in [2.24, 2.45) is 16.7 Å². The summed E-state index contributed by atoms with van der Waals surface area (Å²) in [7, 11) is 0. The predicted molar refractivity (Wildman–Crippen MR) is 93.9 cm³/mol. The van der Waals surface area contributed by atoms with Crippen molar-refractivity contribution >= 4 is 17.4 Å². The molecular formula is C19H27N3O2. The molecule has 0 radical (unpaired) electrons. The van der Waals surface area contributed by atoms with Crippen molar-refractivity contribution in [1.82, 2.24) is 4.98 Å². The maximum absolute atomic E-state index is 12.8. The van der Waals surface area contributed by atoms with Crippen LogP contribution in [0.15, 0.2) is 18.3 Å². The summed E-state index contributed by atoms with van der Waals surface area (Å²) in [5.41, 5.74) is 1.12. The molecule has 1 amide bonds. The lowest BCUT2D eigenvalue weighted by atomic mass is 9.60. The number of aromatic nitrogens is 1. The molecule has 130 valence electrons. The lowest BCUT2D eigenvalue weighted by Gasteiger charge is -2.44. The highest BCUT2D eigenvalue weighted by atomic mass is 16.3. The summed E-state index contributed by atoms with van der Waals surface area (Å²) in [5, 5.41) is 12.4. The number of rotatable bonds is 4. The number of anilines is 2. The van der Waals surface area contributed by atoms with E-state index in [0.717, 1.165) is 50.3 Å². The van der Waals surface area contributed by atoms with E-state index in [1.54, 1.807) is 6.20 Å². The molecule has 1 aliphatic heterocycles. The molecule has 0 atom stereocenters. The van der Waals surface area contributed by atoms with Gasteiger partial charge in [0.1, 0.15) is 0 Å². The molecular weight excluding hydrogens is 302 g/mol. The number of hydrogen-bond donors (Lipinski definition) is 2. The highest BCUT2D eigenvalue weighted by Gasteiger charge is 2.61. The number of aliphatic hydroxyl groups excluding tert-OH is 1. The number of hydrogen-bond acceptors (Lipinski definition) is 4. The van der Waals surface area contributed by atoms with Gasteiger partial charge in [0.2, 0.25) is 5.91 Å². The van der Waals surface area contributed by atoms with Crippen LogP contribution in [0.1, 0.15) is 45.4 Å². The van der Waals surface area contributed by atoms with Gasteiger partial charge in [0.05, 0.1) is 5.69 Å². The molecule has 5 nitrogen and oxygen atoms in total. The minimum Gasteiger partial charge on any atom is -0.396 e. The predicted octanol–water partition coefficient (Wildman–Crippen LogP) is 2.81. The lowest BCUT2D eigenvalue weighted by Crippen LogP contribution is -2.46. The number of carbonyl (C=O) groups is 1. The van der Waals surface area contributed by atoms with Crippen LogP contribution in [-0.2, 0) is 4.79 Å². The third-order valence-corrected chi connectivity index (χ3v) is 6.24. The molecule has 2 N–H and O–H groups in total. The van der Waals surface area contributed by atoms with Gasteiger partial charge in [-0.05, 0) is 62.0 Å². The zero-order valence-electron chi connectivity index (χ0n) is 14.4. The van der Waals surface area contributed by atoms with E-state index in [9.17, 15) is 9.90 Å². The zero-order valence-corrected chi connectivity index (χ0v) is 14.4. The van der Waals surface area contributed by atoms with Crippen LogP contribution in [0.2, 0.25) is 0 Å². The fraction of sp³-hybridized carbons (Fsp3) is 0.684. The Kier molecular flexibility index (Phi) is 3.79. The van der Waals surface area contributed by atoms with Crippen LogP contribution >= 0.6 is 0 Å². The van der Waals surface area contributed by atoms with E-state index in [0.29, 0.717) is 11.3 Å². The molecule has 2 aliphatic carbocycles. The van der Waals surface area contributed by atoms with Crippen molar-refractivity contribution in [3.63, 3.8) is 0 Å². The molecule has 3 fully saturated rings. The van der Waals surface area contributed by atoms with E-state index in [1.165, 1.54) is 12.8 Å². The van der Waals surface area contributed by atoms with Gasteiger partial charge in [-0.3, -0.25) is 4.79 Å². The first-order valence-electron chi connectivity index (χ1n) is 9.16. The Bertz CT molecular complexity index is 625. The van der Waals surface area contributed by atoms with Crippen LogP contribution in [0.5, 0.6) is 0 Å². The fourth-order valence-corrected chi connectivity index (χ4v) is 4.64. The normalized spacial score (nSPS) is 24.5. The van der Waals surface area contributed by atoms with Crippen molar-refractivity contribution in [2.75, 3.05) is 29.9 Å². The third-order valence-electron chi connectivity index (χ3n) is 6.24. The summed E-state index contributed by atoms with van der Waals surface area (Å²) in [6.45, 7) is 4.12. The highest BCUT2D eigenvalue weighted by molar-refractivity contribution is 5.98. The summed E-state index contributed by atoms with van der Waals surface area (Å²) >= 11 is 0. The number of amides is 1. The maximum atomic E-state index is 12.8. The van der Waals surface area contributed by atoms with Crippen LogP contribution in [0.3, 0.4) is 0 Å². The molecule has 0 unspecified atom stereocenters. The Morgan fingerprint density at radius 2 is 2.08 bits per heavy atom. The van der Waals surface area contributed by atoms with Gasteiger partial charge in [0.15, 0.2) is 5.82 Å². The first-order chi connectivity index (χ1) is 11.5. The van der Waals surface area contributed by atoms with Crippen molar-refractivity contribution in [3.05, 3.63) is 18.3 Å². The SMILES string of the molecule is CC1(C(=O)Nc2cccnc2N2CCC(CO)CC2)CC2(CC2)C1. The number of carbonyl (C=O) groups excluding carboxylic acids is 1. The quantitative estimate of drug-likeness (QED) is 0.891. The first kappa shape index (κ1) is 15.9. The summed E-state index contributed by atoms with van der Waals surface area (Å²) < 4.78 is 0. The minimum atomic E-state index is -0.215. The summed E-state index contributed by atoms with van der Waals surface area (Å²) in [6.07, 6.45) is 8.39. The topological polar surface area (TPSA) is 65.5 Å². The van der Waals surface area contributed by atoms with E-state index in [1.807, 2.05) is 12.1 Å². The lowest BCUT2D eigenvalue weighted by molar-refractivity contribution is -0.133. The highest BCUT2D eigenvalue weighted by Crippen LogP contribution is 2.68. The molecule has 1 aromatic rings. The minimum absolute atomic E-state index is 0.138. The number of nitrogens with one attached hydrogen (secondary N) is 1. The van der Waals surface area contributed by atoms with Gasteiger partial charge in [-0.2, -0.15) is 0 Å². The van der Waals surface area contributed by atoms with Crippen LogP contribution in [0, 0.1) is 16.7 Å². The fourth-order valence-electron chi connectivity index (χ4n) is 4.64. The molecule has 2 heterocycles.